The lowest BCUT2D eigenvalue weighted by atomic mass is 9.99. The van der Waals surface area contributed by atoms with Crippen molar-refractivity contribution in [1.29, 1.82) is 0 Å². The third-order valence-electron chi connectivity index (χ3n) is 7.23. The van der Waals surface area contributed by atoms with E-state index in [9.17, 15) is 4.79 Å². The van der Waals surface area contributed by atoms with E-state index in [2.05, 4.69) is 78.2 Å². The van der Waals surface area contributed by atoms with Gasteiger partial charge >= 0.3 is 0 Å². The van der Waals surface area contributed by atoms with Gasteiger partial charge < -0.3 is 9.80 Å². The van der Waals surface area contributed by atoms with Gasteiger partial charge in [0.25, 0.3) is 5.91 Å². The molecule has 0 saturated carbocycles. The summed E-state index contributed by atoms with van der Waals surface area (Å²) < 4.78 is 0. The molecule has 0 N–H and O–H groups in total. The van der Waals surface area contributed by atoms with Crippen LogP contribution in [0, 0.1) is 13.8 Å². The number of rotatable bonds is 4. The van der Waals surface area contributed by atoms with Gasteiger partial charge in [0.1, 0.15) is 0 Å². The highest BCUT2D eigenvalue weighted by atomic mass is 16.2. The van der Waals surface area contributed by atoms with Crippen LogP contribution in [0.1, 0.15) is 38.2 Å². The van der Waals surface area contributed by atoms with Gasteiger partial charge in [-0.1, -0.05) is 42.5 Å². The lowest BCUT2D eigenvalue weighted by molar-refractivity contribution is 0.0734. The van der Waals surface area contributed by atoms with E-state index in [1.54, 1.807) is 0 Å². The Balaban J connectivity index is 1.20. The third kappa shape index (κ3) is 4.81. The van der Waals surface area contributed by atoms with Gasteiger partial charge in [-0.15, -0.1) is 0 Å². The van der Waals surface area contributed by atoms with Crippen molar-refractivity contribution in [3.8, 4) is 0 Å². The molecule has 170 valence electrons. The molecule has 1 amide bonds. The van der Waals surface area contributed by atoms with E-state index >= 15 is 0 Å². The average molecular weight is 440 g/mol. The van der Waals surface area contributed by atoms with E-state index in [1.165, 1.54) is 33.5 Å². The molecule has 33 heavy (non-hydrogen) atoms. The number of amides is 1. The monoisotopic (exact) mass is 439 g/mol. The van der Waals surface area contributed by atoms with Gasteiger partial charge in [0.15, 0.2) is 0 Å². The summed E-state index contributed by atoms with van der Waals surface area (Å²) in [5.74, 6) is 0.144. The smallest absolute Gasteiger partial charge is 0.254 e. The summed E-state index contributed by atoms with van der Waals surface area (Å²) in [7, 11) is 0. The Morgan fingerprint density at radius 3 is 2.36 bits per heavy atom. The first-order chi connectivity index (χ1) is 16.1. The van der Waals surface area contributed by atoms with Crippen molar-refractivity contribution in [2.24, 2.45) is 0 Å². The Morgan fingerprint density at radius 2 is 1.58 bits per heavy atom. The van der Waals surface area contributed by atoms with E-state index < -0.39 is 0 Å². The lowest BCUT2D eigenvalue weighted by Crippen LogP contribution is -2.46. The van der Waals surface area contributed by atoms with Crippen molar-refractivity contribution >= 4 is 11.6 Å². The molecule has 1 saturated heterocycles. The number of nitrogens with zero attached hydrogens (tertiary/aromatic N) is 3. The van der Waals surface area contributed by atoms with Crippen LogP contribution in [-0.4, -0.2) is 48.4 Å². The zero-order valence-electron chi connectivity index (χ0n) is 19.8. The Labute approximate surface area is 197 Å². The molecule has 4 nitrogen and oxygen atoms in total. The van der Waals surface area contributed by atoms with Gasteiger partial charge in [-0.3, -0.25) is 9.69 Å². The molecule has 2 aliphatic rings. The summed E-state index contributed by atoms with van der Waals surface area (Å²) in [6.45, 7) is 10.9. The molecule has 0 spiro atoms. The highest BCUT2D eigenvalue weighted by Crippen LogP contribution is 2.23. The van der Waals surface area contributed by atoms with Gasteiger partial charge in [-0.05, 0) is 72.4 Å². The topological polar surface area (TPSA) is 26.8 Å². The maximum absolute atomic E-state index is 13.2. The highest BCUT2D eigenvalue weighted by Gasteiger charge is 2.22. The number of aryl methyl sites for hydroxylation is 2. The average Bonchev–Trinajstić information content (AvgIpc) is 2.85. The summed E-state index contributed by atoms with van der Waals surface area (Å²) in [5, 5.41) is 0. The van der Waals surface area contributed by atoms with E-state index in [0.717, 1.165) is 51.3 Å². The first-order valence-corrected chi connectivity index (χ1v) is 12.1. The first-order valence-electron chi connectivity index (χ1n) is 12.1. The van der Waals surface area contributed by atoms with E-state index in [-0.39, 0.29) is 5.91 Å². The summed E-state index contributed by atoms with van der Waals surface area (Å²) >= 11 is 0. The normalized spacial score (nSPS) is 16.5. The molecular formula is C29H33N3O. The summed E-state index contributed by atoms with van der Waals surface area (Å²) in [6.07, 6.45) is 0.937. The van der Waals surface area contributed by atoms with Gasteiger partial charge in [0.2, 0.25) is 0 Å². The SMILES string of the molecule is Cc1ccc(N2CCN(Cc3cccc(C(=O)N4CCc5ccccc5C4)c3)CC2)cc1C. The van der Waals surface area contributed by atoms with Crippen molar-refractivity contribution in [3.05, 3.63) is 100 Å². The van der Waals surface area contributed by atoms with Crippen LogP contribution in [0.5, 0.6) is 0 Å². The molecule has 0 bridgehead atoms. The van der Waals surface area contributed by atoms with E-state index in [1.807, 2.05) is 17.0 Å². The van der Waals surface area contributed by atoms with Crippen LogP contribution in [0.3, 0.4) is 0 Å². The molecule has 0 unspecified atom stereocenters. The number of carbonyl (C=O) groups is 1. The van der Waals surface area contributed by atoms with Crippen LogP contribution in [0.25, 0.3) is 0 Å². The van der Waals surface area contributed by atoms with E-state index in [0.29, 0.717) is 6.54 Å². The van der Waals surface area contributed by atoms with Crippen molar-refractivity contribution < 1.29 is 4.79 Å². The second kappa shape index (κ2) is 9.40. The lowest BCUT2D eigenvalue weighted by Gasteiger charge is -2.36. The van der Waals surface area contributed by atoms with Gasteiger partial charge in [0, 0.05) is 57.1 Å². The molecule has 0 aliphatic carbocycles. The minimum absolute atomic E-state index is 0.144. The molecule has 1 fully saturated rings. The summed E-state index contributed by atoms with van der Waals surface area (Å²) in [6, 6.07) is 23.5. The molecule has 2 aliphatic heterocycles. The number of hydrogen-bond donors (Lipinski definition) is 0. The highest BCUT2D eigenvalue weighted by molar-refractivity contribution is 5.94. The Kier molecular flexibility index (Phi) is 6.19. The first kappa shape index (κ1) is 21.7. The van der Waals surface area contributed by atoms with Gasteiger partial charge in [-0.2, -0.15) is 0 Å². The maximum atomic E-state index is 13.2. The fraction of sp³-hybridized carbons (Fsp3) is 0.345. The van der Waals surface area contributed by atoms with Crippen molar-refractivity contribution in [2.75, 3.05) is 37.6 Å². The molecule has 5 rings (SSSR count). The maximum Gasteiger partial charge on any atom is 0.254 e. The van der Waals surface area contributed by atoms with Gasteiger partial charge in [-0.25, -0.2) is 0 Å². The largest absolute Gasteiger partial charge is 0.369 e. The van der Waals surface area contributed by atoms with Crippen LogP contribution < -0.4 is 4.90 Å². The second-order valence-electron chi connectivity index (χ2n) is 9.48. The molecule has 4 heteroatoms. The van der Waals surface area contributed by atoms with E-state index in [4.69, 9.17) is 0 Å². The van der Waals surface area contributed by atoms with Crippen molar-refractivity contribution in [3.63, 3.8) is 0 Å². The quantitative estimate of drug-likeness (QED) is 0.583. The summed E-state index contributed by atoms with van der Waals surface area (Å²) in [5.41, 5.74) is 8.70. The predicted molar refractivity (Wildman–Crippen MR) is 135 cm³/mol. The molecular weight excluding hydrogens is 406 g/mol. The minimum atomic E-state index is 0.144. The Hall–Kier alpha value is -3.11. The fourth-order valence-corrected chi connectivity index (χ4v) is 5.00. The number of carbonyl (C=O) groups excluding carboxylic acids is 1. The standard InChI is InChI=1S/C29H33N3O/c1-22-10-11-28(18-23(22)2)31-16-14-30(15-17-31)20-24-6-5-9-26(19-24)29(33)32-13-12-25-7-3-4-8-27(25)21-32/h3-11,18-19H,12-17,20-21H2,1-2H3. The molecule has 0 aromatic heterocycles. The van der Waals surface area contributed by atoms with Crippen LogP contribution in [0.4, 0.5) is 5.69 Å². The number of anilines is 1. The van der Waals surface area contributed by atoms with Crippen LogP contribution in [0.2, 0.25) is 0 Å². The van der Waals surface area contributed by atoms with Crippen molar-refractivity contribution in [1.82, 2.24) is 9.80 Å². The molecule has 0 radical (unpaired) electrons. The summed E-state index contributed by atoms with van der Waals surface area (Å²) in [4.78, 5) is 20.2. The number of benzene rings is 3. The number of piperazine rings is 1. The molecule has 2 heterocycles. The predicted octanol–water partition coefficient (Wildman–Crippen LogP) is 4.82. The van der Waals surface area contributed by atoms with Crippen LogP contribution in [0.15, 0.2) is 66.7 Å². The zero-order valence-corrected chi connectivity index (χ0v) is 19.8. The van der Waals surface area contributed by atoms with Crippen LogP contribution in [-0.2, 0) is 19.5 Å². The molecule has 3 aromatic rings. The Morgan fingerprint density at radius 1 is 0.788 bits per heavy atom. The van der Waals surface area contributed by atoms with Crippen molar-refractivity contribution in [2.45, 2.75) is 33.4 Å². The zero-order chi connectivity index (χ0) is 22.8. The Bertz CT molecular complexity index is 1150. The molecule has 3 aromatic carbocycles. The fourth-order valence-electron chi connectivity index (χ4n) is 5.00. The number of fused-ring (bicyclic) bond motifs is 1. The minimum Gasteiger partial charge on any atom is -0.369 e. The number of hydrogen-bond acceptors (Lipinski definition) is 3. The second-order valence-corrected chi connectivity index (χ2v) is 9.48. The molecule has 0 atom stereocenters. The van der Waals surface area contributed by atoms with Gasteiger partial charge in [0.05, 0.1) is 0 Å². The van der Waals surface area contributed by atoms with Crippen LogP contribution >= 0.6 is 0 Å². The third-order valence-corrected chi connectivity index (χ3v) is 7.23.